The first-order valence-corrected chi connectivity index (χ1v) is 10.6. The van der Waals surface area contributed by atoms with Gasteiger partial charge in [-0.05, 0) is 30.9 Å². The zero-order valence-corrected chi connectivity index (χ0v) is 18.0. The zero-order chi connectivity index (χ0) is 23.4. The summed E-state index contributed by atoms with van der Waals surface area (Å²) in [7, 11) is 0. The number of allylic oxidation sites excluding steroid dienone is 2. The number of ether oxygens (including phenoxy) is 1. The number of nitrogens with zero attached hydrogens (tertiary/aromatic N) is 1. The number of halogens is 4. The molecule has 2 N–H and O–H groups in total. The van der Waals surface area contributed by atoms with Gasteiger partial charge in [-0.1, -0.05) is 48.0 Å². The van der Waals surface area contributed by atoms with E-state index in [9.17, 15) is 22.8 Å². The SMILES string of the molecule is O=C(NC1=CC=C(c2ccccc2)C(Cl)(OC(F)(F)F)C1)C1CCCCN1C(=O)CCO. The molecule has 32 heavy (non-hydrogen) atoms. The van der Waals surface area contributed by atoms with Crippen molar-refractivity contribution in [3.8, 4) is 0 Å². The minimum atomic E-state index is -5.00. The summed E-state index contributed by atoms with van der Waals surface area (Å²) in [4.78, 5) is 26.6. The number of rotatable bonds is 6. The Kier molecular flexibility index (Phi) is 7.63. The van der Waals surface area contributed by atoms with Crippen molar-refractivity contribution < 1.29 is 32.6 Å². The standard InChI is InChI=1S/C22H24ClF3N2O4/c23-21(32-22(24,25)26)14-16(9-10-17(21)15-6-2-1-3-7-15)27-20(31)18-8-4-5-12-28(18)19(30)11-13-29/h1-3,6-7,9-10,18,29H,4-5,8,11-14H2,(H,27,31). The maximum absolute atomic E-state index is 13.2. The molecule has 1 aromatic rings. The Labute approximate surface area is 188 Å². The van der Waals surface area contributed by atoms with Crippen molar-refractivity contribution in [1.29, 1.82) is 0 Å². The summed E-state index contributed by atoms with van der Waals surface area (Å²) in [5, 5.41) is 9.39. The number of amides is 2. The molecule has 1 saturated heterocycles. The molecule has 0 radical (unpaired) electrons. The van der Waals surface area contributed by atoms with Crippen molar-refractivity contribution in [2.24, 2.45) is 0 Å². The molecule has 1 aliphatic heterocycles. The molecule has 1 aromatic carbocycles. The van der Waals surface area contributed by atoms with Crippen LogP contribution in [-0.2, 0) is 14.3 Å². The van der Waals surface area contributed by atoms with Crippen LogP contribution < -0.4 is 5.32 Å². The van der Waals surface area contributed by atoms with Gasteiger partial charge in [0, 0.05) is 30.7 Å². The average Bonchev–Trinajstić information content (AvgIpc) is 2.73. The fourth-order valence-electron chi connectivity index (χ4n) is 3.98. The van der Waals surface area contributed by atoms with E-state index >= 15 is 0 Å². The second-order valence-corrected chi connectivity index (χ2v) is 8.26. The Bertz CT molecular complexity index is 904. The molecule has 1 heterocycles. The lowest BCUT2D eigenvalue weighted by Crippen LogP contribution is -2.52. The van der Waals surface area contributed by atoms with Gasteiger partial charge in [0.1, 0.15) is 6.04 Å². The van der Waals surface area contributed by atoms with Gasteiger partial charge in [-0.25, -0.2) is 0 Å². The number of piperidine rings is 1. The van der Waals surface area contributed by atoms with Gasteiger partial charge in [0.2, 0.25) is 11.8 Å². The molecule has 174 valence electrons. The third kappa shape index (κ3) is 5.90. The van der Waals surface area contributed by atoms with E-state index in [1.165, 1.54) is 17.1 Å². The number of carbonyl (C=O) groups is 2. The lowest BCUT2D eigenvalue weighted by atomic mass is 9.92. The molecule has 3 rings (SSSR count). The molecule has 2 amide bonds. The van der Waals surface area contributed by atoms with Crippen molar-refractivity contribution in [1.82, 2.24) is 10.2 Å². The fraction of sp³-hybridized carbons (Fsp3) is 0.455. The van der Waals surface area contributed by atoms with Crippen LogP contribution in [-0.4, -0.2) is 52.4 Å². The van der Waals surface area contributed by atoms with Crippen LogP contribution >= 0.6 is 11.6 Å². The molecule has 1 aliphatic carbocycles. The zero-order valence-electron chi connectivity index (χ0n) is 17.2. The van der Waals surface area contributed by atoms with Crippen molar-refractivity contribution in [3.63, 3.8) is 0 Å². The van der Waals surface area contributed by atoms with Gasteiger partial charge >= 0.3 is 6.36 Å². The van der Waals surface area contributed by atoms with Crippen LogP contribution in [0.25, 0.3) is 5.57 Å². The van der Waals surface area contributed by atoms with E-state index in [4.69, 9.17) is 16.7 Å². The predicted molar refractivity (Wildman–Crippen MR) is 112 cm³/mol. The fourth-order valence-corrected chi connectivity index (χ4v) is 4.38. The van der Waals surface area contributed by atoms with Gasteiger partial charge in [-0.15, -0.1) is 13.2 Å². The lowest BCUT2D eigenvalue weighted by molar-refractivity contribution is -0.342. The van der Waals surface area contributed by atoms with E-state index in [0.29, 0.717) is 18.5 Å². The van der Waals surface area contributed by atoms with Gasteiger partial charge in [0.15, 0.2) is 5.06 Å². The van der Waals surface area contributed by atoms with E-state index in [1.807, 2.05) is 0 Å². The largest absolute Gasteiger partial charge is 0.524 e. The molecule has 2 unspecified atom stereocenters. The number of hydrogen-bond donors (Lipinski definition) is 2. The molecule has 0 spiro atoms. The van der Waals surface area contributed by atoms with Crippen molar-refractivity contribution >= 4 is 29.0 Å². The molecule has 0 bridgehead atoms. The van der Waals surface area contributed by atoms with Crippen LogP contribution in [0.2, 0.25) is 0 Å². The van der Waals surface area contributed by atoms with Crippen LogP contribution in [0, 0.1) is 0 Å². The van der Waals surface area contributed by atoms with Crippen LogP contribution in [0.15, 0.2) is 48.2 Å². The number of aliphatic hydroxyl groups is 1. The molecule has 0 saturated carbocycles. The topological polar surface area (TPSA) is 78.9 Å². The first-order valence-electron chi connectivity index (χ1n) is 10.3. The second-order valence-electron chi connectivity index (χ2n) is 7.65. The van der Waals surface area contributed by atoms with Crippen LogP contribution in [0.4, 0.5) is 13.2 Å². The third-order valence-electron chi connectivity index (χ3n) is 5.37. The monoisotopic (exact) mass is 472 g/mol. The quantitative estimate of drug-likeness (QED) is 0.619. The number of benzene rings is 1. The number of alkyl halides is 4. The maximum atomic E-state index is 13.2. The second kappa shape index (κ2) is 10.1. The normalized spacial score (nSPS) is 23.9. The highest BCUT2D eigenvalue weighted by atomic mass is 35.5. The van der Waals surface area contributed by atoms with Crippen LogP contribution in [0.5, 0.6) is 0 Å². The Morgan fingerprint density at radius 3 is 2.59 bits per heavy atom. The number of likely N-dealkylation sites (tertiary alicyclic amines) is 1. The number of hydrogen-bond acceptors (Lipinski definition) is 4. The van der Waals surface area contributed by atoms with E-state index in [2.05, 4.69) is 10.1 Å². The summed E-state index contributed by atoms with van der Waals surface area (Å²) in [6, 6.07) is 7.53. The van der Waals surface area contributed by atoms with E-state index in [-0.39, 0.29) is 30.2 Å². The summed E-state index contributed by atoms with van der Waals surface area (Å²) >= 11 is 6.35. The Morgan fingerprint density at radius 2 is 1.94 bits per heavy atom. The van der Waals surface area contributed by atoms with Gasteiger partial charge in [0.25, 0.3) is 0 Å². The smallest absolute Gasteiger partial charge is 0.396 e. The Hall–Kier alpha value is -2.36. The predicted octanol–water partition coefficient (Wildman–Crippen LogP) is 3.71. The minimum absolute atomic E-state index is 0.0974. The van der Waals surface area contributed by atoms with Crippen molar-refractivity contribution in [2.45, 2.75) is 49.6 Å². The minimum Gasteiger partial charge on any atom is -0.396 e. The summed E-state index contributed by atoms with van der Waals surface area (Å²) in [5.74, 6) is -0.854. The van der Waals surface area contributed by atoms with Gasteiger partial charge in [0.05, 0.1) is 6.61 Å². The van der Waals surface area contributed by atoms with E-state index < -0.39 is 29.8 Å². The molecule has 2 aliphatic rings. The number of carbonyl (C=O) groups excluding carboxylic acids is 2. The first kappa shape index (κ1) is 24.3. The lowest BCUT2D eigenvalue weighted by Gasteiger charge is -2.37. The number of nitrogens with one attached hydrogen (secondary N) is 1. The summed E-state index contributed by atoms with van der Waals surface area (Å²) in [6.07, 6.45) is -0.763. The third-order valence-corrected chi connectivity index (χ3v) is 5.78. The van der Waals surface area contributed by atoms with E-state index in [0.717, 1.165) is 12.8 Å². The van der Waals surface area contributed by atoms with Crippen LogP contribution in [0.3, 0.4) is 0 Å². The Balaban J connectivity index is 1.83. The molecular formula is C22H24ClF3N2O4. The highest BCUT2D eigenvalue weighted by Gasteiger charge is 2.47. The highest BCUT2D eigenvalue weighted by Crippen LogP contribution is 2.45. The summed E-state index contributed by atoms with van der Waals surface area (Å²) < 4.78 is 43.8. The van der Waals surface area contributed by atoms with Crippen molar-refractivity contribution in [3.05, 3.63) is 53.7 Å². The summed E-state index contributed by atoms with van der Waals surface area (Å²) in [6.45, 7) is 0.0517. The van der Waals surface area contributed by atoms with E-state index in [1.54, 1.807) is 30.3 Å². The molecule has 0 aromatic heterocycles. The average molecular weight is 473 g/mol. The van der Waals surface area contributed by atoms with Crippen molar-refractivity contribution in [2.75, 3.05) is 13.2 Å². The maximum Gasteiger partial charge on any atom is 0.524 e. The molecule has 1 fully saturated rings. The van der Waals surface area contributed by atoms with Gasteiger partial charge < -0.3 is 15.3 Å². The van der Waals surface area contributed by atoms with Crippen LogP contribution in [0.1, 0.15) is 37.7 Å². The summed E-state index contributed by atoms with van der Waals surface area (Å²) in [5.41, 5.74) is 0.725. The molecule has 10 heteroatoms. The van der Waals surface area contributed by atoms with Gasteiger partial charge in [-0.3, -0.25) is 14.3 Å². The molecule has 2 atom stereocenters. The Morgan fingerprint density at radius 1 is 1.22 bits per heavy atom. The van der Waals surface area contributed by atoms with Gasteiger partial charge in [-0.2, -0.15) is 0 Å². The highest BCUT2D eigenvalue weighted by molar-refractivity contribution is 6.29. The number of aliphatic hydroxyl groups excluding tert-OH is 1. The molecular weight excluding hydrogens is 449 g/mol. The first-order chi connectivity index (χ1) is 15.1. The molecule has 6 nitrogen and oxygen atoms in total.